The van der Waals surface area contributed by atoms with Gasteiger partial charge >= 0.3 is 0 Å². The highest BCUT2D eigenvalue weighted by Gasteiger charge is 2.21. The quantitative estimate of drug-likeness (QED) is 0.584. The Balaban J connectivity index is 4.40. The van der Waals surface area contributed by atoms with Crippen LogP contribution in [0, 0.1) is 0 Å². The molecule has 108 valence electrons. The number of hydrogen-bond acceptors (Lipinski definition) is 4. The van der Waals surface area contributed by atoms with Gasteiger partial charge in [0.1, 0.15) is 0 Å². The molecule has 0 fully saturated rings. The zero-order valence-corrected chi connectivity index (χ0v) is 12.6. The van der Waals surface area contributed by atoms with E-state index in [9.17, 15) is 4.79 Å². The fourth-order valence-corrected chi connectivity index (χ4v) is 2.07. The normalized spacial score (nSPS) is 15.1. The monoisotopic (exact) mass is 258 g/mol. The van der Waals surface area contributed by atoms with Crippen LogP contribution in [0.15, 0.2) is 0 Å². The molecule has 0 aliphatic carbocycles. The Morgan fingerprint density at radius 3 is 2.28 bits per heavy atom. The number of rotatable bonds is 10. The molecule has 1 amide bonds. The standard InChI is InChI=1S/C13H30N4O/c1-6-8-15-12(13(14)18)10-17(7-2)11(3)9-16(4)5/h11-12,15H,6-10H2,1-5H3,(H2,14,18). The van der Waals surface area contributed by atoms with Crippen LogP contribution in [0.25, 0.3) is 0 Å². The molecule has 5 heteroatoms. The molecule has 0 bridgehead atoms. The molecule has 2 atom stereocenters. The van der Waals surface area contributed by atoms with Crippen LogP contribution in [0.2, 0.25) is 0 Å². The minimum Gasteiger partial charge on any atom is -0.368 e. The Morgan fingerprint density at radius 1 is 1.28 bits per heavy atom. The first-order chi connectivity index (χ1) is 8.42. The minimum absolute atomic E-state index is 0.255. The summed E-state index contributed by atoms with van der Waals surface area (Å²) >= 11 is 0. The first-order valence-electron chi connectivity index (χ1n) is 6.83. The van der Waals surface area contributed by atoms with E-state index in [1.54, 1.807) is 0 Å². The van der Waals surface area contributed by atoms with Gasteiger partial charge in [-0.25, -0.2) is 0 Å². The van der Waals surface area contributed by atoms with Crippen LogP contribution in [-0.2, 0) is 4.79 Å². The summed E-state index contributed by atoms with van der Waals surface area (Å²) in [6.45, 7) is 9.79. The predicted molar refractivity (Wildman–Crippen MR) is 76.5 cm³/mol. The van der Waals surface area contributed by atoms with Crippen molar-refractivity contribution in [1.29, 1.82) is 0 Å². The number of nitrogens with one attached hydrogen (secondary N) is 1. The molecular weight excluding hydrogens is 228 g/mol. The molecule has 0 aromatic rings. The van der Waals surface area contributed by atoms with Gasteiger partial charge in [-0.2, -0.15) is 0 Å². The molecule has 5 nitrogen and oxygen atoms in total. The molecule has 0 heterocycles. The van der Waals surface area contributed by atoms with Crippen molar-refractivity contribution < 1.29 is 4.79 Å². The Labute approximate surface area is 112 Å². The summed E-state index contributed by atoms with van der Waals surface area (Å²) in [6.07, 6.45) is 1.00. The molecular formula is C13H30N4O. The van der Waals surface area contributed by atoms with Gasteiger partial charge in [0.15, 0.2) is 0 Å². The zero-order valence-electron chi connectivity index (χ0n) is 12.6. The van der Waals surface area contributed by atoms with E-state index in [4.69, 9.17) is 5.73 Å². The Bertz CT molecular complexity index is 233. The topological polar surface area (TPSA) is 61.6 Å². The van der Waals surface area contributed by atoms with E-state index in [0.29, 0.717) is 12.6 Å². The fraction of sp³-hybridized carbons (Fsp3) is 0.923. The van der Waals surface area contributed by atoms with Gasteiger partial charge in [0.05, 0.1) is 6.04 Å². The second kappa shape index (κ2) is 9.30. The highest BCUT2D eigenvalue weighted by molar-refractivity contribution is 5.80. The number of carbonyl (C=O) groups is 1. The molecule has 18 heavy (non-hydrogen) atoms. The number of amides is 1. The maximum absolute atomic E-state index is 11.4. The molecule has 0 rings (SSSR count). The predicted octanol–water partition coefficient (Wildman–Crippen LogP) is 0.112. The molecule has 3 N–H and O–H groups in total. The van der Waals surface area contributed by atoms with E-state index in [1.165, 1.54) is 0 Å². The molecule has 0 radical (unpaired) electrons. The van der Waals surface area contributed by atoms with Gasteiger partial charge in [-0.15, -0.1) is 0 Å². The number of hydrogen-bond donors (Lipinski definition) is 2. The van der Waals surface area contributed by atoms with Crippen LogP contribution in [0.3, 0.4) is 0 Å². The van der Waals surface area contributed by atoms with Gasteiger partial charge in [-0.1, -0.05) is 13.8 Å². The van der Waals surface area contributed by atoms with E-state index >= 15 is 0 Å². The summed E-state index contributed by atoms with van der Waals surface area (Å²) in [5.74, 6) is -0.265. The first kappa shape index (κ1) is 17.4. The minimum atomic E-state index is -0.265. The second-order valence-corrected chi connectivity index (χ2v) is 5.11. The van der Waals surface area contributed by atoms with Crippen molar-refractivity contribution in [3.63, 3.8) is 0 Å². The lowest BCUT2D eigenvalue weighted by Crippen LogP contribution is -2.52. The fourth-order valence-electron chi connectivity index (χ4n) is 2.07. The van der Waals surface area contributed by atoms with Crippen molar-refractivity contribution in [1.82, 2.24) is 15.1 Å². The van der Waals surface area contributed by atoms with Gasteiger partial charge in [-0.05, 0) is 40.5 Å². The van der Waals surface area contributed by atoms with Crippen molar-refractivity contribution in [2.24, 2.45) is 5.73 Å². The smallest absolute Gasteiger partial charge is 0.235 e. The lowest BCUT2D eigenvalue weighted by molar-refractivity contribution is -0.120. The Hall–Kier alpha value is -0.650. The van der Waals surface area contributed by atoms with E-state index in [0.717, 1.165) is 26.1 Å². The number of nitrogens with two attached hydrogens (primary N) is 1. The molecule has 0 aliphatic rings. The van der Waals surface area contributed by atoms with Crippen LogP contribution in [0.4, 0.5) is 0 Å². The summed E-state index contributed by atoms with van der Waals surface area (Å²) in [7, 11) is 4.12. The molecule has 0 spiro atoms. The van der Waals surface area contributed by atoms with Gasteiger partial charge in [0.25, 0.3) is 0 Å². The summed E-state index contributed by atoms with van der Waals surface area (Å²) in [6, 6.07) is 0.157. The summed E-state index contributed by atoms with van der Waals surface area (Å²) in [4.78, 5) is 15.9. The van der Waals surface area contributed by atoms with E-state index in [-0.39, 0.29) is 11.9 Å². The number of nitrogens with zero attached hydrogens (tertiary/aromatic N) is 2. The van der Waals surface area contributed by atoms with E-state index < -0.39 is 0 Å². The van der Waals surface area contributed by atoms with Crippen molar-refractivity contribution in [3.8, 4) is 0 Å². The maximum Gasteiger partial charge on any atom is 0.235 e. The average Bonchev–Trinajstić information content (AvgIpc) is 2.27. The van der Waals surface area contributed by atoms with Gasteiger partial charge in [0, 0.05) is 19.1 Å². The lowest BCUT2D eigenvalue weighted by Gasteiger charge is -2.32. The van der Waals surface area contributed by atoms with Crippen molar-refractivity contribution >= 4 is 5.91 Å². The van der Waals surface area contributed by atoms with E-state index in [2.05, 4.69) is 50.0 Å². The maximum atomic E-state index is 11.4. The molecule has 0 aromatic carbocycles. The van der Waals surface area contributed by atoms with Gasteiger partial charge in [-0.3, -0.25) is 9.69 Å². The summed E-state index contributed by atoms with van der Waals surface area (Å²) in [5.41, 5.74) is 5.44. The highest BCUT2D eigenvalue weighted by Crippen LogP contribution is 2.02. The zero-order chi connectivity index (χ0) is 14.1. The van der Waals surface area contributed by atoms with Crippen molar-refractivity contribution in [2.45, 2.75) is 39.3 Å². The Kier molecular flexibility index (Phi) is 8.97. The number of likely N-dealkylation sites (N-methyl/N-ethyl adjacent to an activating group) is 2. The summed E-state index contributed by atoms with van der Waals surface area (Å²) < 4.78 is 0. The van der Waals surface area contributed by atoms with Crippen LogP contribution in [0.5, 0.6) is 0 Å². The van der Waals surface area contributed by atoms with Gasteiger partial charge < -0.3 is 16.0 Å². The third-order valence-corrected chi connectivity index (χ3v) is 3.06. The lowest BCUT2D eigenvalue weighted by atomic mass is 10.2. The van der Waals surface area contributed by atoms with Crippen molar-refractivity contribution in [3.05, 3.63) is 0 Å². The Morgan fingerprint density at radius 2 is 1.89 bits per heavy atom. The molecule has 0 saturated heterocycles. The van der Waals surface area contributed by atoms with Gasteiger partial charge in [0.2, 0.25) is 5.91 Å². The molecule has 2 unspecified atom stereocenters. The van der Waals surface area contributed by atoms with Crippen LogP contribution in [0.1, 0.15) is 27.2 Å². The van der Waals surface area contributed by atoms with Crippen molar-refractivity contribution in [2.75, 3.05) is 40.3 Å². The largest absolute Gasteiger partial charge is 0.368 e. The van der Waals surface area contributed by atoms with Crippen LogP contribution >= 0.6 is 0 Å². The first-order valence-corrected chi connectivity index (χ1v) is 6.83. The average molecular weight is 258 g/mol. The molecule has 0 aliphatic heterocycles. The van der Waals surface area contributed by atoms with Crippen LogP contribution < -0.4 is 11.1 Å². The third kappa shape index (κ3) is 6.93. The molecule has 0 saturated carbocycles. The van der Waals surface area contributed by atoms with Crippen LogP contribution in [-0.4, -0.2) is 68.1 Å². The summed E-state index contributed by atoms with van der Waals surface area (Å²) in [5, 5.41) is 3.21. The number of primary amides is 1. The SMILES string of the molecule is CCCNC(CN(CC)C(C)CN(C)C)C(N)=O. The van der Waals surface area contributed by atoms with E-state index in [1.807, 2.05) is 0 Å². The highest BCUT2D eigenvalue weighted by atomic mass is 16.1. The number of carbonyl (C=O) groups excluding carboxylic acids is 1. The molecule has 0 aromatic heterocycles. The second-order valence-electron chi connectivity index (χ2n) is 5.11. The third-order valence-electron chi connectivity index (χ3n) is 3.06.